The second-order valence-corrected chi connectivity index (χ2v) is 5.45. The Kier molecular flexibility index (Phi) is 12.3. The van der Waals surface area contributed by atoms with Crippen LogP contribution in [0, 0.1) is 0 Å². The summed E-state index contributed by atoms with van der Waals surface area (Å²) >= 11 is 0. The molecule has 0 fully saturated rings. The summed E-state index contributed by atoms with van der Waals surface area (Å²) in [5.74, 6) is 0. The minimum Gasteiger partial charge on any atom is -0.317 e. The smallest absolute Gasteiger partial charge is 0.00355 e. The predicted molar refractivity (Wildman–Crippen MR) is 78.6 cm³/mol. The average Bonchev–Trinajstić information content (AvgIpc) is 2.31. The van der Waals surface area contributed by atoms with Crippen molar-refractivity contribution in [3.63, 3.8) is 0 Å². The van der Waals surface area contributed by atoms with Gasteiger partial charge >= 0.3 is 0 Å². The van der Waals surface area contributed by atoms with Gasteiger partial charge in [0.15, 0.2) is 0 Å². The summed E-state index contributed by atoms with van der Waals surface area (Å²) in [6, 6.07) is 0.675. The Balaban J connectivity index is 3.03. The molecule has 0 aromatic rings. The van der Waals surface area contributed by atoms with Gasteiger partial charge in [-0.3, -0.25) is 0 Å². The molecule has 0 bridgehead atoms. The molecule has 2 nitrogen and oxygen atoms in total. The van der Waals surface area contributed by atoms with Crippen molar-refractivity contribution in [3.05, 3.63) is 0 Å². The first-order valence-corrected chi connectivity index (χ1v) is 7.59. The van der Waals surface area contributed by atoms with Crippen LogP contribution >= 0.6 is 0 Å². The molecule has 1 N–H and O–H groups in total. The molecular weight excluding hydrogens is 208 g/mol. The zero-order chi connectivity index (χ0) is 12.9. The number of hydrogen-bond acceptors (Lipinski definition) is 2. The summed E-state index contributed by atoms with van der Waals surface area (Å²) in [6.45, 7) is 10.4. The van der Waals surface area contributed by atoms with Crippen molar-refractivity contribution in [1.29, 1.82) is 0 Å². The number of nitrogens with zero attached hydrogens (tertiary/aromatic N) is 1. The van der Waals surface area contributed by atoms with Crippen LogP contribution in [0.2, 0.25) is 0 Å². The molecule has 0 aliphatic carbocycles. The van der Waals surface area contributed by atoms with E-state index in [0.717, 1.165) is 0 Å². The lowest BCUT2D eigenvalue weighted by atomic mass is 10.1. The molecule has 0 aliphatic heterocycles. The highest BCUT2D eigenvalue weighted by Crippen LogP contribution is 2.04. The van der Waals surface area contributed by atoms with E-state index in [-0.39, 0.29) is 0 Å². The summed E-state index contributed by atoms with van der Waals surface area (Å²) in [5.41, 5.74) is 0. The van der Waals surface area contributed by atoms with Gasteiger partial charge < -0.3 is 10.2 Å². The van der Waals surface area contributed by atoms with Gasteiger partial charge in [-0.15, -0.1) is 0 Å². The standard InChI is InChI=1S/C15H34N2/c1-5-6-7-8-9-10-12-16-13-11-14-17(4)15(2)3/h15-16H,5-14H2,1-4H3. The molecule has 104 valence electrons. The lowest BCUT2D eigenvalue weighted by Crippen LogP contribution is -2.29. The molecule has 0 aromatic carbocycles. The Morgan fingerprint density at radius 3 is 2.12 bits per heavy atom. The molecule has 0 unspecified atom stereocenters. The Hall–Kier alpha value is -0.0800. The molecule has 0 atom stereocenters. The van der Waals surface area contributed by atoms with Gasteiger partial charge in [-0.25, -0.2) is 0 Å². The molecule has 0 spiro atoms. The van der Waals surface area contributed by atoms with E-state index < -0.39 is 0 Å². The van der Waals surface area contributed by atoms with Crippen molar-refractivity contribution >= 4 is 0 Å². The molecule has 0 heterocycles. The number of rotatable bonds is 12. The lowest BCUT2D eigenvalue weighted by molar-refractivity contribution is 0.269. The average molecular weight is 242 g/mol. The van der Waals surface area contributed by atoms with Gasteiger partial charge in [-0.1, -0.05) is 39.0 Å². The zero-order valence-electron chi connectivity index (χ0n) is 12.6. The number of hydrogen-bond donors (Lipinski definition) is 1. The Labute approximate surface area is 109 Å². The van der Waals surface area contributed by atoms with Crippen molar-refractivity contribution in [2.24, 2.45) is 0 Å². The third kappa shape index (κ3) is 12.2. The quantitative estimate of drug-likeness (QED) is 0.525. The summed E-state index contributed by atoms with van der Waals surface area (Å²) in [6.07, 6.45) is 9.63. The molecular formula is C15H34N2. The highest BCUT2D eigenvalue weighted by atomic mass is 15.1. The van der Waals surface area contributed by atoms with Gasteiger partial charge in [0.25, 0.3) is 0 Å². The first-order chi connectivity index (χ1) is 8.18. The highest BCUT2D eigenvalue weighted by Gasteiger charge is 2.01. The molecule has 0 aliphatic rings. The second-order valence-electron chi connectivity index (χ2n) is 5.45. The van der Waals surface area contributed by atoms with Gasteiger partial charge in [-0.05, 0) is 53.4 Å². The van der Waals surface area contributed by atoms with Crippen LogP contribution < -0.4 is 5.32 Å². The van der Waals surface area contributed by atoms with Crippen molar-refractivity contribution in [1.82, 2.24) is 10.2 Å². The van der Waals surface area contributed by atoms with E-state index in [1.54, 1.807) is 0 Å². The molecule has 0 aromatic heterocycles. The van der Waals surface area contributed by atoms with Gasteiger partial charge in [0.05, 0.1) is 0 Å². The van der Waals surface area contributed by atoms with Gasteiger partial charge in [0.2, 0.25) is 0 Å². The third-order valence-electron chi connectivity index (χ3n) is 3.45. The van der Waals surface area contributed by atoms with Crippen molar-refractivity contribution in [3.8, 4) is 0 Å². The Morgan fingerprint density at radius 2 is 1.47 bits per heavy atom. The maximum atomic E-state index is 3.54. The zero-order valence-corrected chi connectivity index (χ0v) is 12.6. The van der Waals surface area contributed by atoms with Crippen molar-refractivity contribution in [2.75, 3.05) is 26.7 Å². The van der Waals surface area contributed by atoms with E-state index in [2.05, 4.69) is 38.0 Å². The van der Waals surface area contributed by atoms with Gasteiger partial charge in [-0.2, -0.15) is 0 Å². The van der Waals surface area contributed by atoms with Gasteiger partial charge in [0.1, 0.15) is 0 Å². The minimum absolute atomic E-state index is 0.675. The number of unbranched alkanes of at least 4 members (excludes halogenated alkanes) is 5. The molecule has 17 heavy (non-hydrogen) atoms. The first-order valence-electron chi connectivity index (χ1n) is 7.59. The molecule has 2 heteroatoms. The monoisotopic (exact) mass is 242 g/mol. The molecule has 0 rings (SSSR count). The van der Waals surface area contributed by atoms with Crippen LogP contribution in [0.1, 0.15) is 65.7 Å². The fraction of sp³-hybridized carbons (Fsp3) is 1.00. The minimum atomic E-state index is 0.675. The predicted octanol–water partition coefficient (Wildman–Crippen LogP) is 3.67. The summed E-state index contributed by atoms with van der Waals surface area (Å²) < 4.78 is 0. The van der Waals surface area contributed by atoms with Crippen LogP contribution in [-0.2, 0) is 0 Å². The van der Waals surface area contributed by atoms with Gasteiger partial charge in [0, 0.05) is 6.04 Å². The SMILES string of the molecule is CCCCCCCCNCCCN(C)C(C)C. The van der Waals surface area contributed by atoms with E-state index >= 15 is 0 Å². The van der Waals surface area contributed by atoms with E-state index in [4.69, 9.17) is 0 Å². The second kappa shape index (κ2) is 12.4. The highest BCUT2D eigenvalue weighted by molar-refractivity contribution is 4.58. The van der Waals surface area contributed by atoms with Crippen molar-refractivity contribution < 1.29 is 0 Å². The van der Waals surface area contributed by atoms with Crippen LogP contribution in [0.4, 0.5) is 0 Å². The summed E-state index contributed by atoms with van der Waals surface area (Å²) in [5, 5.41) is 3.54. The fourth-order valence-corrected chi connectivity index (χ4v) is 1.87. The van der Waals surface area contributed by atoms with E-state index in [0.29, 0.717) is 6.04 Å². The van der Waals surface area contributed by atoms with Crippen LogP contribution in [0.3, 0.4) is 0 Å². The first kappa shape index (κ1) is 16.9. The molecule has 0 radical (unpaired) electrons. The fourth-order valence-electron chi connectivity index (χ4n) is 1.87. The number of nitrogens with one attached hydrogen (secondary N) is 1. The largest absolute Gasteiger partial charge is 0.317 e. The molecule has 0 saturated heterocycles. The van der Waals surface area contributed by atoms with Crippen LogP contribution in [0.25, 0.3) is 0 Å². The summed E-state index contributed by atoms with van der Waals surface area (Å²) in [7, 11) is 2.21. The Morgan fingerprint density at radius 1 is 0.882 bits per heavy atom. The third-order valence-corrected chi connectivity index (χ3v) is 3.45. The summed E-state index contributed by atoms with van der Waals surface area (Å²) in [4.78, 5) is 2.41. The van der Waals surface area contributed by atoms with Crippen molar-refractivity contribution in [2.45, 2.75) is 71.8 Å². The van der Waals surface area contributed by atoms with E-state index in [9.17, 15) is 0 Å². The topological polar surface area (TPSA) is 15.3 Å². The van der Waals surface area contributed by atoms with E-state index in [1.165, 1.54) is 64.6 Å². The molecule has 0 amide bonds. The van der Waals surface area contributed by atoms with E-state index in [1.807, 2.05) is 0 Å². The normalized spacial score (nSPS) is 11.6. The molecule has 0 saturated carbocycles. The maximum absolute atomic E-state index is 3.54. The van der Waals surface area contributed by atoms with Crippen LogP contribution in [-0.4, -0.2) is 37.6 Å². The maximum Gasteiger partial charge on any atom is 0.00355 e. The van der Waals surface area contributed by atoms with Crippen LogP contribution in [0.15, 0.2) is 0 Å². The Bertz CT molecular complexity index is 146. The van der Waals surface area contributed by atoms with Crippen LogP contribution in [0.5, 0.6) is 0 Å². The lowest BCUT2D eigenvalue weighted by Gasteiger charge is -2.20.